The van der Waals surface area contributed by atoms with E-state index >= 15 is 4.39 Å². The number of amidine groups is 1. The van der Waals surface area contributed by atoms with Crippen LogP contribution in [0.4, 0.5) is 18.9 Å². The summed E-state index contributed by atoms with van der Waals surface area (Å²) in [6, 6.07) is 3.03. The Morgan fingerprint density at radius 1 is 1.22 bits per heavy atom. The first kappa shape index (κ1) is 26.8. The Bertz CT molecular complexity index is 938. The molecule has 0 aliphatic carbocycles. The summed E-state index contributed by atoms with van der Waals surface area (Å²) in [7, 11) is 1.49. The van der Waals surface area contributed by atoms with Crippen molar-refractivity contribution in [3.63, 3.8) is 0 Å². The molecule has 0 aliphatic rings. The third-order valence-electron chi connectivity index (χ3n) is 4.72. The van der Waals surface area contributed by atoms with E-state index in [-0.39, 0.29) is 17.1 Å². The Kier molecular flexibility index (Phi) is 12.3. The molecular formula is C26H32F3N3. The van der Waals surface area contributed by atoms with E-state index in [0.717, 1.165) is 30.1 Å². The highest BCUT2D eigenvalue weighted by atomic mass is 19.1. The number of nitrogens with zero attached hydrogens (tertiary/aromatic N) is 1. The number of anilines is 1. The summed E-state index contributed by atoms with van der Waals surface area (Å²) in [5.74, 6) is -0.958. The van der Waals surface area contributed by atoms with Crippen LogP contribution in [-0.2, 0) is 0 Å². The number of hydrogen-bond acceptors (Lipinski definition) is 2. The van der Waals surface area contributed by atoms with E-state index in [1.165, 1.54) is 31.5 Å². The minimum Gasteiger partial charge on any atom is -0.368 e. The van der Waals surface area contributed by atoms with Crippen molar-refractivity contribution in [3.05, 3.63) is 102 Å². The van der Waals surface area contributed by atoms with Crippen LogP contribution in [0.3, 0.4) is 0 Å². The molecule has 0 aliphatic heterocycles. The molecule has 0 amide bonds. The Hall–Kier alpha value is -3.28. The lowest BCUT2D eigenvalue weighted by Gasteiger charge is -2.17. The molecule has 0 spiro atoms. The molecule has 0 unspecified atom stereocenters. The maximum atomic E-state index is 15.2. The summed E-state index contributed by atoms with van der Waals surface area (Å²) in [5.41, 5.74) is 2.71. The minimum atomic E-state index is -0.709. The van der Waals surface area contributed by atoms with Gasteiger partial charge in [-0.3, -0.25) is 4.99 Å². The van der Waals surface area contributed by atoms with Crippen LogP contribution in [0.1, 0.15) is 30.4 Å². The molecule has 0 saturated carbocycles. The molecule has 6 heteroatoms. The normalized spacial score (nSPS) is 13.4. The van der Waals surface area contributed by atoms with E-state index in [4.69, 9.17) is 0 Å². The van der Waals surface area contributed by atoms with Crippen LogP contribution in [0.15, 0.2) is 90.0 Å². The van der Waals surface area contributed by atoms with Gasteiger partial charge in [0.05, 0.1) is 11.3 Å². The highest BCUT2D eigenvalue weighted by Crippen LogP contribution is 2.26. The van der Waals surface area contributed by atoms with Crippen molar-refractivity contribution in [1.82, 2.24) is 5.32 Å². The molecule has 0 saturated heterocycles. The quantitative estimate of drug-likeness (QED) is 0.118. The molecule has 0 atom stereocenters. The zero-order chi connectivity index (χ0) is 23.9. The number of nitrogens with one attached hydrogen (secondary N) is 2. The third kappa shape index (κ3) is 8.46. The van der Waals surface area contributed by atoms with Gasteiger partial charge >= 0.3 is 0 Å². The standard InChI is InChI=1S/C26H32F3N3/c1-6-8-9-12-21(18-31-7-2)17-22(23(28)13-10-11-16-27)26(30-5)32-25-20(4)19(3)14-15-24(25)29/h6-7,10-11,13-15,17-18,31H,1-2,8-9,12,16H2,3-5H3,(H,30,32)/b11-10-,21-18-,22-17-,23-13-. The first-order valence-corrected chi connectivity index (χ1v) is 10.4. The third-order valence-corrected chi connectivity index (χ3v) is 4.72. The van der Waals surface area contributed by atoms with Gasteiger partial charge in [0.2, 0.25) is 0 Å². The van der Waals surface area contributed by atoms with Gasteiger partial charge in [-0.05, 0) is 74.2 Å². The smallest absolute Gasteiger partial charge is 0.146 e. The fourth-order valence-electron chi connectivity index (χ4n) is 2.83. The Morgan fingerprint density at radius 2 is 1.97 bits per heavy atom. The summed E-state index contributed by atoms with van der Waals surface area (Å²) in [5, 5.41) is 5.86. The van der Waals surface area contributed by atoms with Crippen molar-refractivity contribution in [2.24, 2.45) is 4.99 Å². The maximum Gasteiger partial charge on any atom is 0.146 e. The second kappa shape index (κ2) is 14.7. The number of aliphatic imine (C=N–C) groups is 1. The highest BCUT2D eigenvalue weighted by molar-refractivity contribution is 6.11. The second-order valence-corrected chi connectivity index (χ2v) is 6.99. The van der Waals surface area contributed by atoms with Crippen molar-refractivity contribution in [3.8, 4) is 0 Å². The number of aryl methyl sites for hydroxylation is 1. The van der Waals surface area contributed by atoms with E-state index in [1.807, 2.05) is 13.0 Å². The molecule has 32 heavy (non-hydrogen) atoms. The molecule has 172 valence electrons. The van der Waals surface area contributed by atoms with Gasteiger partial charge in [-0.15, -0.1) is 6.58 Å². The van der Waals surface area contributed by atoms with Gasteiger partial charge in [-0.1, -0.05) is 30.9 Å². The SMILES string of the molecule is C=CCCCC(=C/NC=C)/C=C(C(/F)=C/C=C\CF)\C(=N\C)Nc1c(F)ccc(C)c1C. The van der Waals surface area contributed by atoms with Gasteiger partial charge in [0.25, 0.3) is 0 Å². The van der Waals surface area contributed by atoms with Crippen molar-refractivity contribution in [1.29, 1.82) is 0 Å². The first-order valence-electron chi connectivity index (χ1n) is 10.4. The average Bonchev–Trinajstić information content (AvgIpc) is 2.78. The lowest BCUT2D eigenvalue weighted by Crippen LogP contribution is -2.18. The summed E-state index contributed by atoms with van der Waals surface area (Å²) in [6.45, 7) is 10.3. The Balaban J connectivity index is 3.52. The molecule has 0 bridgehead atoms. The number of alkyl halides is 1. The van der Waals surface area contributed by atoms with Crippen molar-refractivity contribution in [2.75, 3.05) is 19.0 Å². The zero-order valence-corrected chi connectivity index (χ0v) is 19.0. The fraction of sp³-hybridized carbons (Fsp3) is 0.269. The van der Waals surface area contributed by atoms with E-state index in [0.29, 0.717) is 12.0 Å². The highest BCUT2D eigenvalue weighted by Gasteiger charge is 2.17. The number of rotatable bonds is 12. The van der Waals surface area contributed by atoms with E-state index < -0.39 is 18.3 Å². The zero-order valence-electron chi connectivity index (χ0n) is 19.0. The largest absolute Gasteiger partial charge is 0.368 e. The Morgan fingerprint density at radius 3 is 2.59 bits per heavy atom. The van der Waals surface area contributed by atoms with Crippen LogP contribution in [-0.4, -0.2) is 19.6 Å². The topological polar surface area (TPSA) is 36.4 Å². The summed E-state index contributed by atoms with van der Waals surface area (Å²) in [4.78, 5) is 4.18. The van der Waals surface area contributed by atoms with Gasteiger partial charge in [0, 0.05) is 13.2 Å². The van der Waals surface area contributed by atoms with Crippen molar-refractivity contribution in [2.45, 2.75) is 33.1 Å². The molecule has 0 radical (unpaired) electrons. The molecule has 0 fully saturated rings. The van der Waals surface area contributed by atoms with Crippen LogP contribution in [0.2, 0.25) is 0 Å². The second-order valence-electron chi connectivity index (χ2n) is 6.99. The van der Waals surface area contributed by atoms with E-state index in [9.17, 15) is 8.78 Å². The molecule has 3 nitrogen and oxygen atoms in total. The molecule has 0 aromatic heterocycles. The predicted octanol–water partition coefficient (Wildman–Crippen LogP) is 7.16. The van der Waals surface area contributed by atoms with Crippen LogP contribution < -0.4 is 10.6 Å². The van der Waals surface area contributed by atoms with Gasteiger partial charge < -0.3 is 10.6 Å². The molecule has 0 heterocycles. The van der Waals surface area contributed by atoms with E-state index in [1.54, 1.807) is 25.3 Å². The molecule has 1 aromatic rings. The number of benzene rings is 1. The van der Waals surface area contributed by atoms with Crippen LogP contribution >= 0.6 is 0 Å². The molecule has 1 aromatic carbocycles. The summed E-state index contributed by atoms with van der Waals surface area (Å²) < 4.78 is 42.2. The average molecular weight is 444 g/mol. The number of unbranched alkanes of at least 4 members (excludes halogenated alkanes) is 1. The van der Waals surface area contributed by atoms with Crippen molar-refractivity contribution >= 4 is 11.5 Å². The monoisotopic (exact) mass is 443 g/mol. The molecule has 1 rings (SSSR count). The number of halogens is 3. The van der Waals surface area contributed by atoms with Crippen LogP contribution in [0.5, 0.6) is 0 Å². The van der Waals surface area contributed by atoms with Gasteiger partial charge in [0.15, 0.2) is 0 Å². The summed E-state index contributed by atoms with van der Waals surface area (Å²) in [6.07, 6.45) is 12.6. The predicted molar refractivity (Wildman–Crippen MR) is 131 cm³/mol. The lowest BCUT2D eigenvalue weighted by molar-refractivity contribution is 0.561. The van der Waals surface area contributed by atoms with Crippen LogP contribution in [0, 0.1) is 19.7 Å². The fourth-order valence-corrected chi connectivity index (χ4v) is 2.83. The van der Waals surface area contributed by atoms with Crippen LogP contribution in [0.25, 0.3) is 0 Å². The van der Waals surface area contributed by atoms with Gasteiger partial charge in [-0.2, -0.15) is 0 Å². The Labute approximate surface area is 189 Å². The first-order chi connectivity index (χ1) is 15.4. The lowest BCUT2D eigenvalue weighted by atomic mass is 10.0. The van der Waals surface area contributed by atoms with Gasteiger partial charge in [-0.25, -0.2) is 13.2 Å². The maximum absolute atomic E-state index is 15.2. The van der Waals surface area contributed by atoms with Crippen molar-refractivity contribution < 1.29 is 13.2 Å². The number of allylic oxidation sites excluding steroid dienone is 6. The molecule has 2 N–H and O–H groups in total. The minimum absolute atomic E-state index is 0.118. The summed E-state index contributed by atoms with van der Waals surface area (Å²) >= 11 is 0. The number of hydrogen-bond donors (Lipinski definition) is 2. The van der Waals surface area contributed by atoms with Gasteiger partial charge in [0.1, 0.15) is 24.2 Å². The molecular weight excluding hydrogens is 411 g/mol. The van der Waals surface area contributed by atoms with E-state index in [2.05, 4.69) is 28.8 Å².